The van der Waals surface area contributed by atoms with Gasteiger partial charge in [0.1, 0.15) is 6.04 Å². The zero-order valence-electron chi connectivity index (χ0n) is 11.4. The van der Waals surface area contributed by atoms with Gasteiger partial charge in [0.2, 0.25) is 0 Å². The summed E-state index contributed by atoms with van der Waals surface area (Å²) >= 11 is 0. The molecule has 1 saturated heterocycles. The average Bonchev–Trinajstić information content (AvgIpc) is 3.03. The maximum Gasteiger partial charge on any atom is 0.322 e. The van der Waals surface area contributed by atoms with Gasteiger partial charge in [-0.2, -0.15) is 0 Å². The Morgan fingerprint density at radius 1 is 1.50 bits per heavy atom. The maximum absolute atomic E-state index is 11.7. The topological polar surface area (TPSA) is 50.8 Å². The number of carbonyl (C=O) groups is 1. The number of ether oxygens (including phenoxy) is 2. The summed E-state index contributed by atoms with van der Waals surface area (Å²) in [6.45, 7) is 2.57. The van der Waals surface area contributed by atoms with E-state index in [2.05, 4.69) is 17.3 Å². The lowest BCUT2D eigenvalue weighted by Crippen LogP contribution is -2.43. The summed E-state index contributed by atoms with van der Waals surface area (Å²) in [5, 5.41) is 3.36. The minimum absolute atomic E-state index is 0.141. The Kier molecular flexibility index (Phi) is 4.97. The fourth-order valence-corrected chi connectivity index (χ4v) is 2.33. The highest BCUT2D eigenvalue weighted by Crippen LogP contribution is 2.20. The lowest BCUT2D eigenvalue weighted by molar-refractivity contribution is -0.143. The number of hydrogen-bond acceptors (Lipinski definition) is 5. The summed E-state index contributed by atoms with van der Waals surface area (Å²) in [5.74, 6) is -0.141. The zero-order valence-corrected chi connectivity index (χ0v) is 11.4. The van der Waals surface area contributed by atoms with Crippen LogP contribution in [0, 0.1) is 0 Å². The van der Waals surface area contributed by atoms with E-state index in [4.69, 9.17) is 9.47 Å². The van der Waals surface area contributed by atoms with Crippen LogP contribution in [0.5, 0.6) is 0 Å². The predicted molar refractivity (Wildman–Crippen MR) is 68.4 cm³/mol. The predicted octanol–water partition coefficient (Wildman–Crippen LogP) is 0.391. The molecule has 2 atom stereocenters. The van der Waals surface area contributed by atoms with Gasteiger partial charge in [0.25, 0.3) is 0 Å². The highest BCUT2D eigenvalue weighted by atomic mass is 16.5. The van der Waals surface area contributed by atoms with Gasteiger partial charge >= 0.3 is 5.97 Å². The second-order valence-electron chi connectivity index (χ2n) is 5.30. The highest BCUT2D eigenvalue weighted by Gasteiger charge is 2.29. The molecule has 1 saturated carbocycles. The summed E-state index contributed by atoms with van der Waals surface area (Å²) in [6.07, 6.45) is 4.26. The molecule has 5 heteroatoms. The molecule has 0 bridgehead atoms. The molecule has 2 aliphatic rings. The van der Waals surface area contributed by atoms with Crippen molar-refractivity contribution in [2.24, 2.45) is 0 Å². The molecule has 104 valence electrons. The third-order valence-electron chi connectivity index (χ3n) is 3.80. The van der Waals surface area contributed by atoms with Gasteiger partial charge in [-0.25, -0.2) is 0 Å². The number of likely N-dealkylation sites (N-methyl/N-ethyl adjacent to an activating group) is 1. The minimum Gasteiger partial charge on any atom is -0.468 e. The van der Waals surface area contributed by atoms with Crippen molar-refractivity contribution in [2.75, 3.05) is 33.9 Å². The summed E-state index contributed by atoms with van der Waals surface area (Å²) in [5.41, 5.74) is 0. The van der Waals surface area contributed by atoms with Crippen LogP contribution >= 0.6 is 0 Å². The molecular weight excluding hydrogens is 232 g/mol. The average molecular weight is 256 g/mol. The number of carbonyl (C=O) groups excluding carboxylic acids is 1. The van der Waals surface area contributed by atoms with Crippen molar-refractivity contribution in [2.45, 2.75) is 43.8 Å². The summed E-state index contributed by atoms with van der Waals surface area (Å²) in [6, 6.07) is 0.866. The van der Waals surface area contributed by atoms with Crippen molar-refractivity contribution >= 4 is 5.97 Å². The molecule has 1 N–H and O–H groups in total. The first-order chi connectivity index (χ1) is 8.70. The van der Waals surface area contributed by atoms with Crippen LogP contribution < -0.4 is 5.32 Å². The van der Waals surface area contributed by atoms with E-state index in [-0.39, 0.29) is 12.0 Å². The largest absolute Gasteiger partial charge is 0.468 e. The fourth-order valence-electron chi connectivity index (χ4n) is 2.33. The second kappa shape index (κ2) is 6.50. The van der Waals surface area contributed by atoms with Gasteiger partial charge in [-0.3, -0.25) is 4.79 Å². The van der Waals surface area contributed by atoms with Crippen molar-refractivity contribution in [1.82, 2.24) is 10.2 Å². The van der Waals surface area contributed by atoms with Gasteiger partial charge in [0.05, 0.1) is 13.7 Å². The lowest BCUT2D eigenvalue weighted by atomic mass is 10.1. The van der Waals surface area contributed by atoms with Crippen LogP contribution in [0.3, 0.4) is 0 Å². The Bertz CT molecular complexity index is 275. The van der Waals surface area contributed by atoms with E-state index in [0.717, 1.165) is 32.6 Å². The van der Waals surface area contributed by atoms with Gasteiger partial charge in [-0.15, -0.1) is 0 Å². The minimum atomic E-state index is -0.160. The Hall–Kier alpha value is -0.650. The summed E-state index contributed by atoms with van der Waals surface area (Å²) in [7, 11) is 3.56. The Morgan fingerprint density at radius 3 is 2.83 bits per heavy atom. The molecule has 2 unspecified atom stereocenters. The standard InChI is InChI=1S/C13H24N2O3/c1-15(11-6-8-18-9-11)7-5-12(13(16)17-2)14-10-3-4-10/h10-12,14H,3-9H2,1-2H3. The SMILES string of the molecule is COC(=O)C(CCN(C)C1CCOC1)NC1CC1. The molecule has 0 aromatic rings. The molecule has 0 spiro atoms. The van der Waals surface area contributed by atoms with Crippen molar-refractivity contribution in [1.29, 1.82) is 0 Å². The number of esters is 1. The monoisotopic (exact) mass is 256 g/mol. The van der Waals surface area contributed by atoms with Crippen LogP contribution in [0.1, 0.15) is 25.7 Å². The van der Waals surface area contributed by atoms with Gasteiger partial charge in [-0.05, 0) is 32.7 Å². The van der Waals surface area contributed by atoms with Crippen molar-refractivity contribution in [3.8, 4) is 0 Å². The Balaban J connectivity index is 1.74. The molecule has 1 heterocycles. The maximum atomic E-state index is 11.7. The molecule has 5 nitrogen and oxygen atoms in total. The molecule has 1 aliphatic heterocycles. The van der Waals surface area contributed by atoms with Gasteiger partial charge in [-0.1, -0.05) is 0 Å². The lowest BCUT2D eigenvalue weighted by Gasteiger charge is -2.25. The van der Waals surface area contributed by atoms with Crippen LogP contribution in [-0.2, 0) is 14.3 Å². The molecule has 2 rings (SSSR count). The van der Waals surface area contributed by atoms with Crippen LogP contribution in [-0.4, -0.2) is 62.9 Å². The van der Waals surface area contributed by atoms with E-state index in [0.29, 0.717) is 12.1 Å². The third-order valence-corrected chi connectivity index (χ3v) is 3.80. The smallest absolute Gasteiger partial charge is 0.322 e. The summed E-state index contributed by atoms with van der Waals surface area (Å²) < 4.78 is 10.2. The van der Waals surface area contributed by atoms with E-state index < -0.39 is 0 Å². The molecule has 0 aromatic carbocycles. The van der Waals surface area contributed by atoms with Crippen molar-refractivity contribution in [3.63, 3.8) is 0 Å². The van der Waals surface area contributed by atoms with E-state index in [1.807, 2.05) is 0 Å². The Labute approximate surface area is 109 Å². The van der Waals surface area contributed by atoms with E-state index in [1.165, 1.54) is 20.0 Å². The third kappa shape index (κ3) is 3.93. The quantitative estimate of drug-likeness (QED) is 0.668. The van der Waals surface area contributed by atoms with E-state index >= 15 is 0 Å². The first-order valence-electron chi connectivity index (χ1n) is 6.82. The molecule has 18 heavy (non-hydrogen) atoms. The molecular formula is C13H24N2O3. The molecule has 0 radical (unpaired) electrons. The van der Waals surface area contributed by atoms with Crippen LogP contribution in [0.4, 0.5) is 0 Å². The number of hydrogen-bond donors (Lipinski definition) is 1. The highest BCUT2D eigenvalue weighted by molar-refractivity contribution is 5.75. The number of rotatable bonds is 7. The van der Waals surface area contributed by atoms with E-state index in [9.17, 15) is 4.79 Å². The first kappa shape index (κ1) is 13.8. The first-order valence-corrected chi connectivity index (χ1v) is 6.82. The summed E-state index contributed by atoms with van der Waals surface area (Å²) in [4.78, 5) is 14.0. The fraction of sp³-hybridized carbons (Fsp3) is 0.923. The molecule has 1 aliphatic carbocycles. The second-order valence-corrected chi connectivity index (χ2v) is 5.30. The number of methoxy groups -OCH3 is 1. The van der Waals surface area contributed by atoms with Crippen LogP contribution in [0.2, 0.25) is 0 Å². The molecule has 0 aromatic heterocycles. The van der Waals surface area contributed by atoms with E-state index in [1.54, 1.807) is 0 Å². The van der Waals surface area contributed by atoms with Gasteiger partial charge in [0.15, 0.2) is 0 Å². The van der Waals surface area contributed by atoms with Crippen molar-refractivity contribution in [3.05, 3.63) is 0 Å². The van der Waals surface area contributed by atoms with Crippen LogP contribution in [0.25, 0.3) is 0 Å². The molecule has 0 amide bonds. The van der Waals surface area contributed by atoms with Crippen molar-refractivity contribution < 1.29 is 14.3 Å². The number of nitrogens with zero attached hydrogens (tertiary/aromatic N) is 1. The zero-order chi connectivity index (χ0) is 13.0. The number of nitrogens with one attached hydrogen (secondary N) is 1. The molecule has 2 fully saturated rings. The van der Waals surface area contributed by atoms with Crippen LogP contribution in [0.15, 0.2) is 0 Å². The van der Waals surface area contributed by atoms with Gasteiger partial charge in [0, 0.05) is 25.2 Å². The van der Waals surface area contributed by atoms with Gasteiger partial charge < -0.3 is 19.7 Å². The Morgan fingerprint density at radius 2 is 2.28 bits per heavy atom. The normalized spacial score (nSPS) is 25.4.